The third kappa shape index (κ3) is 4.34. The number of rotatable bonds is 5. The zero-order chi connectivity index (χ0) is 13.7. The minimum Gasteiger partial charge on any atom is -0.376 e. The van der Waals surface area contributed by atoms with E-state index in [9.17, 15) is 4.79 Å². The molecule has 1 aromatic heterocycles. The fraction of sp³-hybridized carbons (Fsp3) is 0.538. The monoisotopic (exact) mass is 302 g/mol. The van der Waals surface area contributed by atoms with Gasteiger partial charge in [-0.25, -0.2) is 4.98 Å². The highest BCUT2D eigenvalue weighted by Crippen LogP contribution is 2.20. The maximum absolute atomic E-state index is 11.8. The molecule has 2 rings (SSSR count). The van der Waals surface area contributed by atoms with Gasteiger partial charge in [0, 0.05) is 6.54 Å². The predicted molar refractivity (Wildman–Crippen MR) is 74.8 cm³/mol. The van der Waals surface area contributed by atoms with Crippen LogP contribution in [0.2, 0.25) is 10.2 Å². The zero-order valence-electron chi connectivity index (χ0n) is 10.5. The summed E-state index contributed by atoms with van der Waals surface area (Å²) in [4.78, 5) is 15.8. The van der Waals surface area contributed by atoms with E-state index in [1.165, 1.54) is 12.8 Å². The molecule has 0 aliphatic heterocycles. The predicted octanol–water partition coefficient (Wildman–Crippen LogP) is 3.08. The van der Waals surface area contributed by atoms with E-state index in [0.717, 1.165) is 12.8 Å². The van der Waals surface area contributed by atoms with Crippen LogP contribution in [0.5, 0.6) is 0 Å². The van der Waals surface area contributed by atoms with Crippen molar-refractivity contribution in [2.45, 2.75) is 31.8 Å². The van der Waals surface area contributed by atoms with Crippen molar-refractivity contribution >= 4 is 29.1 Å². The molecule has 4 nitrogen and oxygen atoms in total. The van der Waals surface area contributed by atoms with Crippen LogP contribution in [0.3, 0.4) is 0 Å². The van der Waals surface area contributed by atoms with E-state index in [2.05, 4.69) is 10.3 Å². The number of carbonyl (C=O) groups is 1. The molecule has 0 spiro atoms. The van der Waals surface area contributed by atoms with Gasteiger partial charge in [-0.2, -0.15) is 0 Å². The first kappa shape index (κ1) is 14.6. The number of nitrogens with one attached hydrogen (secondary N) is 1. The molecule has 0 saturated heterocycles. The molecule has 104 valence electrons. The molecule has 1 aromatic rings. The third-order valence-corrected chi connectivity index (χ3v) is 3.59. The minimum absolute atomic E-state index is 0.148. The van der Waals surface area contributed by atoms with Gasteiger partial charge in [-0.3, -0.25) is 4.79 Å². The van der Waals surface area contributed by atoms with Crippen molar-refractivity contribution in [2.75, 3.05) is 13.2 Å². The number of aromatic nitrogens is 1. The van der Waals surface area contributed by atoms with Gasteiger partial charge in [0.15, 0.2) is 0 Å². The Morgan fingerprint density at radius 3 is 2.84 bits per heavy atom. The van der Waals surface area contributed by atoms with Crippen molar-refractivity contribution in [1.29, 1.82) is 0 Å². The smallest absolute Gasteiger partial charge is 0.271 e. The molecular formula is C13H16Cl2N2O2. The maximum atomic E-state index is 11.8. The van der Waals surface area contributed by atoms with E-state index in [0.29, 0.717) is 24.3 Å². The fourth-order valence-electron chi connectivity index (χ4n) is 2.11. The molecule has 6 heteroatoms. The van der Waals surface area contributed by atoms with Crippen LogP contribution in [-0.4, -0.2) is 30.1 Å². The number of hydrogen-bond donors (Lipinski definition) is 1. The average molecular weight is 303 g/mol. The number of carbonyl (C=O) groups excluding carboxylic acids is 1. The molecule has 1 fully saturated rings. The van der Waals surface area contributed by atoms with Crippen molar-refractivity contribution in [1.82, 2.24) is 10.3 Å². The highest BCUT2D eigenvalue weighted by Gasteiger charge is 2.16. The lowest BCUT2D eigenvalue weighted by atomic mass is 10.3. The van der Waals surface area contributed by atoms with Crippen LogP contribution in [0.15, 0.2) is 12.1 Å². The number of amides is 1. The van der Waals surface area contributed by atoms with Gasteiger partial charge in [-0.1, -0.05) is 36.0 Å². The summed E-state index contributed by atoms with van der Waals surface area (Å²) in [6, 6.07) is 3.10. The molecule has 1 aliphatic carbocycles. The van der Waals surface area contributed by atoms with Gasteiger partial charge in [0.1, 0.15) is 10.8 Å². The Balaban J connectivity index is 1.75. The van der Waals surface area contributed by atoms with Crippen LogP contribution >= 0.6 is 23.2 Å². The standard InChI is InChI=1S/C13H16Cl2N2O2/c14-10-5-6-11(15)17-12(10)13(18)16-7-8-19-9-3-1-2-4-9/h5-6,9H,1-4,7-8H2,(H,16,18). The lowest BCUT2D eigenvalue weighted by Crippen LogP contribution is -2.29. The Morgan fingerprint density at radius 2 is 2.11 bits per heavy atom. The van der Waals surface area contributed by atoms with Gasteiger partial charge in [0.2, 0.25) is 0 Å². The molecule has 0 bridgehead atoms. The van der Waals surface area contributed by atoms with Crippen LogP contribution in [0.4, 0.5) is 0 Å². The van der Waals surface area contributed by atoms with Crippen molar-refractivity contribution in [2.24, 2.45) is 0 Å². The van der Waals surface area contributed by atoms with Crippen LogP contribution in [0.1, 0.15) is 36.2 Å². The first-order valence-electron chi connectivity index (χ1n) is 6.38. The third-order valence-electron chi connectivity index (χ3n) is 3.07. The molecule has 1 aliphatic rings. The van der Waals surface area contributed by atoms with Gasteiger partial charge in [0.05, 0.1) is 17.7 Å². The fourth-order valence-corrected chi connectivity index (χ4v) is 2.45. The second-order valence-corrected chi connectivity index (χ2v) is 5.29. The number of hydrogen-bond acceptors (Lipinski definition) is 3. The molecular weight excluding hydrogens is 287 g/mol. The first-order chi connectivity index (χ1) is 9.16. The summed E-state index contributed by atoms with van der Waals surface area (Å²) in [7, 11) is 0. The summed E-state index contributed by atoms with van der Waals surface area (Å²) in [5, 5.41) is 3.26. The second kappa shape index (κ2) is 7.08. The Bertz CT molecular complexity index is 448. The van der Waals surface area contributed by atoms with Crippen molar-refractivity contribution < 1.29 is 9.53 Å². The van der Waals surface area contributed by atoms with Crippen molar-refractivity contribution in [3.8, 4) is 0 Å². The van der Waals surface area contributed by atoms with Crippen LogP contribution < -0.4 is 5.32 Å². The number of halogens is 2. The van der Waals surface area contributed by atoms with Crippen LogP contribution in [0.25, 0.3) is 0 Å². The second-order valence-electron chi connectivity index (χ2n) is 4.50. The zero-order valence-corrected chi connectivity index (χ0v) is 12.0. The average Bonchev–Trinajstić information content (AvgIpc) is 2.90. The quantitative estimate of drug-likeness (QED) is 0.672. The highest BCUT2D eigenvalue weighted by molar-refractivity contribution is 6.34. The molecule has 1 saturated carbocycles. The summed E-state index contributed by atoms with van der Waals surface area (Å²) >= 11 is 11.6. The van der Waals surface area contributed by atoms with E-state index in [1.54, 1.807) is 12.1 Å². The van der Waals surface area contributed by atoms with Crippen LogP contribution in [-0.2, 0) is 4.74 Å². The Kier molecular flexibility index (Phi) is 5.43. The number of ether oxygens (including phenoxy) is 1. The first-order valence-corrected chi connectivity index (χ1v) is 7.14. The van der Waals surface area contributed by atoms with E-state index in [-0.39, 0.29) is 16.8 Å². The Morgan fingerprint density at radius 1 is 1.37 bits per heavy atom. The summed E-state index contributed by atoms with van der Waals surface area (Å²) < 4.78 is 5.65. The number of nitrogens with zero attached hydrogens (tertiary/aromatic N) is 1. The Labute approximate surface area is 122 Å². The molecule has 1 heterocycles. The van der Waals surface area contributed by atoms with E-state index >= 15 is 0 Å². The summed E-state index contributed by atoms with van der Waals surface area (Å²) in [6.45, 7) is 0.953. The lowest BCUT2D eigenvalue weighted by Gasteiger charge is -2.11. The molecule has 0 radical (unpaired) electrons. The molecule has 0 atom stereocenters. The van der Waals surface area contributed by atoms with E-state index in [4.69, 9.17) is 27.9 Å². The molecule has 1 N–H and O–H groups in total. The van der Waals surface area contributed by atoms with E-state index in [1.807, 2.05) is 0 Å². The minimum atomic E-state index is -0.331. The summed E-state index contributed by atoms with van der Waals surface area (Å²) in [5.41, 5.74) is 0.148. The van der Waals surface area contributed by atoms with E-state index < -0.39 is 0 Å². The Hall–Kier alpha value is -0.840. The normalized spacial score (nSPS) is 15.7. The largest absolute Gasteiger partial charge is 0.376 e. The highest BCUT2D eigenvalue weighted by atomic mass is 35.5. The van der Waals surface area contributed by atoms with Gasteiger partial charge in [-0.15, -0.1) is 0 Å². The number of pyridine rings is 1. The maximum Gasteiger partial charge on any atom is 0.271 e. The van der Waals surface area contributed by atoms with Crippen molar-refractivity contribution in [3.63, 3.8) is 0 Å². The molecule has 1 amide bonds. The van der Waals surface area contributed by atoms with Crippen LogP contribution in [0, 0.1) is 0 Å². The SMILES string of the molecule is O=C(NCCOC1CCCC1)c1nc(Cl)ccc1Cl. The lowest BCUT2D eigenvalue weighted by molar-refractivity contribution is 0.0581. The van der Waals surface area contributed by atoms with Gasteiger partial charge >= 0.3 is 0 Å². The molecule has 19 heavy (non-hydrogen) atoms. The van der Waals surface area contributed by atoms with Gasteiger partial charge < -0.3 is 10.1 Å². The molecule has 0 aromatic carbocycles. The van der Waals surface area contributed by atoms with Crippen molar-refractivity contribution in [3.05, 3.63) is 28.0 Å². The summed E-state index contributed by atoms with van der Waals surface area (Å²) in [6.07, 6.45) is 5.06. The molecule has 0 unspecified atom stereocenters. The topological polar surface area (TPSA) is 51.2 Å². The van der Waals surface area contributed by atoms with Gasteiger partial charge in [-0.05, 0) is 25.0 Å². The summed E-state index contributed by atoms with van der Waals surface area (Å²) in [5.74, 6) is -0.331. The van der Waals surface area contributed by atoms with Gasteiger partial charge in [0.25, 0.3) is 5.91 Å².